The molecule has 0 heterocycles. The number of nitrogens with two attached hydrogens (primary N) is 1. The minimum atomic E-state index is -0.233. The molecule has 1 saturated carbocycles. The molecule has 1 aliphatic rings. The molecular weight excluding hydrogens is 351 g/mol. The second-order valence-corrected chi connectivity index (χ2v) is 8.15. The van der Waals surface area contributed by atoms with E-state index in [4.69, 9.17) is 15.5 Å². The maximum atomic E-state index is 13.3. The summed E-state index contributed by atoms with van der Waals surface area (Å²) in [5.41, 5.74) is 10.0. The molecule has 0 amide bonds. The lowest BCUT2D eigenvalue weighted by Crippen LogP contribution is -2.37. The number of nitrogens with zero attached hydrogens (tertiary/aromatic N) is 1. The molecule has 0 bridgehead atoms. The standard InChI is InChI=1S/C24H31FN2O/c1-16(20-13-22(14-20)28-15-19-7-5-4-6-8-19)12-24(18(3)26)27-23-10-9-21(25)11-17(23)2/h4-11,16,18,20,22H,12-15,26H2,1-3H3/t16?,18-,20?,22?/m0/s1. The van der Waals surface area contributed by atoms with Gasteiger partial charge >= 0.3 is 0 Å². The van der Waals surface area contributed by atoms with Crippen molar-refractivity contribution in [3.63, 3.8) is 0 Å². The van der Waals surface area contributed by atoms with Crippen LogP contribution in [-0.4, -0.2) is 17.9 Å². The monoisotopic (exact) mass is 382 g/mol. The van der Waals surface area contributed by atoms with E-state index in [1.54, 1.807) is 6.07 Å². The number of hydrogen-bond donors (Lipinski definition) is 1. The van der Waals surface area contributed by atoms with Gasteiger partial charge in [0.15, 0.2) is 0 Å². The summed E-state index contributed by atoms with van der Waals surface area (Å²) >= 11 is 0. The van der Waals surface area contributed by atoms with Crippen molar-refractivity contribution in [2.75, 3.05) is 0 Å². The molecule has 0 spiro atoms. The average molecular weight is 383 g/mol. The number of aliphatic imine (C=N–C) groups is 1. The first-order valence-corrected chi connectivity index (χ1v) is 10.2. The van der Waals surface area contributed by atoms with E-state index >= 15 is 0 Å². The molecule has 0 radical (unpaired) electrons. The van der Waals surface area contributed by atoms with Crippen molar-refractivity contribution < 1.29 is 9.13 Å². The molecule has 4 heteroatoms. The second-order valence-electron chi connectivity index (χ2n) is 8.15. The first-order chi connectivity index (χ1) is 13.4. The van der Waals surface area contributed by atoms with Crippen molar-refractivity contribution in [3.8, 4) is 0 Å². The maximum absolute atomic E-state index is 13.3. The van der Waals surface area contributed by atoms with Crippen molar-refractivity contribution in [1.29, 1.82) is 0 Å². The van der Waals surface area contributed by atoms with Gasteiger partial charge in [0.1, 0.15) is 5.82 Å². The van der Waals surface area contributed by atoms with Crippen LogP contribution in [0.2, 0.25) is 0 Å². The lowest BCUT2D eigenvalue weighted by Gasteiger charge is -2.39. The molecule has 2 N–H and O–H groups in total. The van der Waals surface area contributed by atoms with Crippen LogP contribution in [0.25, 0.3) is 0 Å². The normalized spacial score (nSPS) is 21.8. The molecule has 28 heavy (non-hydrogen) atoms. The summed E-state index contributed by atoms with van der Waals surface area (Å²) in [4.78, 5) is 4.77. The summed E-state index contributed by atoms with van der Waals surface area (Å²) in [5, 5.41) is 0. The highest BCUT2D eigenvalue weighted by molar-refractivity contribution is 5.91. The van der Waals surface area contributed by atoms with E-state index in [0.29, 0.717) is 24.5 Å². The topological polar surface area (TPSA) is 47.6 Å². The van der Waals surface area contributed by atoms with Crippen molar-refractivity contribution in [2.45, 2.75) is 58.8 Å². The van der Waals surface area contributed by atoms with Gasteiger partial charge in [-0.3, -0.25) is 4.99 Å². The Balaban J connectivity index is 1.52. The molecule has 2 aromatic rings. The van der Waals surface area contributed by atoms with Crippen molar-refractivity contribution in [3.05, 3.63) is 65.5 Å². The van der Waals surface area contributed by atoms with Gasteiger partial charge in [0.2, 0.25) is 0 Å². The Morgan fingerprint density at radius 1 is 1.18 bits per heavy atom. The molecule has 0 saturated heterocycles. The lowest BCUT2D eigenvalue weighted by molar-refractivity contribution is -0.0532. The third-order valence-electron chi connectivity index (χ3n) is 5.74. The van der Waals surface area contributed by atoms with Gasteiger partial charge in [0.05, 0.1) is 18.4 Å². The van der Waals surface area contributed by atoms with Gasteiger partial charge in [-0.2, -0.15) is 0 Å². The fourth-order valence-electron chi connectivity index (χ4n) is 3.72. The summed E-state index contributed by atoms with van der Waals surface area (Å²) in [6.07, 6.45) is 3.40. The van der Waals surface area contributed by atoms with E-state index in [0.717, 1.165) is 36.2 Å². The van der Waals surface area contributed by atoms with E-state index in [9.17, 15) is 4.39 Å². The Labute approximate surface area is 167 Å². The zero-order chi connectivity index (χ0) is 20.1. The molecule has 150 valence electrons. The smallest absolute Gasteiger partial charge is 0.123 e. The summed E-state index contributed by atoms with van der Waals surface area (Å²) in [6, 6.07) is 14.9. The number of rotatable bonds is 8. The molecule has 0 aromatic heterocycles. The van der Waals surface area contributed by atoms with Gasteiger partial charge < -0.3 is 10.5 Å². The summed E-state index contributed by atoms with van der Waals surface area (Å²) in [6.45, 7) is 6.80. The van der Waals surface area contributed by atoms with Crippen molar-refractivity contribution in [1.82, 2.24) is 0 Å². The number of aryl methyl sites for hydroxylation is 1. The maximum Gasteiger partial charge on any atom is 0.123 e. The lowest BCUT2D eigenvalue weighted by atomic mass is 9.72. The number of ether oxygens (including phenoxy) is 1. The Kier molecular flexibility index (Phi) is 6.97. The van der Waals surface area contributed by atoms with Crippen LogP contribution in [0.15, 0.2) is 53.5 Å². The zero-order valence-electron chi connectivity index (χ0n) is 17.1. The van der Waals surface area contributed by atoms with Crippen LogP contribution < -0.4 is 5.73 Å². The zero-order valence-corrected chi connectivity index (χ0v) is 17.1. The van der Waals surface area contributed by atoms with Gasteiger partial charge in [-0.15, -0.1) is 0 Å². The number of hydrogen-bond acceptors (Lipinski definition) is 3. The van der Waals surface area contributed by atoms with Crippen LogP contribution in [0.5, 0.6) is 0 Å². The fraction of sp³-hybridized carbons (Fsp3) is 0.458. The van der Waals surface area contributed by atoms with Crippen LogP contribution in [0.3, 0.4) is 0 Å². The van der Waals surface area contributed by atoms with E-state index in [1.165, 1.54) is 17.7 Å². The van der Waals surface area contributed by atoms with Gasteiger partial charge in [-0.25, -0.2) is 4.39 Å². The number of halogens is 1. The van der Waals surface area contributed by atoms with E-state index in [1.807, 2.05) is 32.0 Å². The van der Waals surface area contributed by atoms with Gasteiger partial charge in [-0.1, -0.05) is 37.3 Å². The van der Waals surface area contributed by atoms with E-state index in [2.05, 4.69) is 19.1 Å². The third-order valence-corrected chi connectivity index (χ3v) is 5.74. The second kappa shape index (κ2) is 9.44. The third kappa shape index (κ3) is 5.49. The van der Waals surface area contributed by atoms with Gasteiger partial charge in [-0.05, 0) is 74.3 Å². The van der Waals surface area contributed by atoms with Crippen LogP contribution in [0, 0.1) is 24.6 Å². The molecule has 0 aliphatic heterocycles. The first-order valence-electron chi connectivity index (χ1n) is 10.2. The predicted octanol–water partition coefficient (Wildman–Crippen LogP) is 5.58. The first kappa shape index (κ1) is 20.7. The van der Waals surface area contributed by atoms with Crippen LogP contribution >= 0.6 is 0 Å². The Hall–Kier alpha value is -2.04. The molecule has 3 rings (SSSR count). The minimum Gasteiger partial charge on any atom is -0.374 e. The molecule has 3 nitrogen and oxygen atoms in total. The predicted molar refractivity (Wildman–Crippen MR) is 113 cm³/mol. The van der Waals surface area contributed by atoms with Crippen molar-refractivity contribution in [2.24, 2.45) is 22.6 Å². The number of benzene rings is 2. The summed E-state index contributed by atoms with van der Waals surface area (Å²) in [7, 11) is 0. The highest BCUT2D eigenvalue weighted by Gasteiger charge is 2.34. The largest absolute Gasteiger partial charge is 0.374 e. The molecule has 1 fully saturated rings. The van der Waals surface area contributed by atoms with Crippen LogP contribution in [0.1, 0.15) is 44.2 Å². The quantitative estimate of drug-likeness (QED) is 0.606. The molecule has 1 aliphatic carbocycles. The Bertz CT molecular complexity index is 798. The van der Waals surface area contributed by atoms with Crippen molar-refractivity contribution >= 4 is 11.4 Å². The Morgan fingerprint density at radius 2 is 1.89 bits per heavy atom. The molecule has 1 unspecified atom stereocenters. The van der Waals surface area contributed by atoms with E-state index < -0.39 is 0 Å². The van der Waals surface area contributed by atoms with Crippen LogP contribution in [-0.2, 0) is 11.3 Å². The van der Waals surface area contributed by atoms with E-state index in [-0.39, 0.29) is 11.9 Å². The van der Waals surface area contributed by atoms with Crippen LogP contribution in [0.4, 0.5) is 10.1 Å². The molecule has 2 atom stereocenters. The summed E-state index contributed by atoms with van der Waals surface area (Å²) in [5.74, 6) is 0.907. The SMILES string of the molecule is Cc1cc(F)ccc1N=C(CC(C)C1CC(OCc2ccccc2)C1)[C@H](C)N. The highest BCUT2D eigenvalue weighted by Crippen LogP contribution is 2.38. The fourth-order valence-corrected chi connectivity index (χ4v) is 3.72. The average Bonchev–Trinajstić information content (AvgIpc) is 2.62. The molecule has 2 aromatic carbocycles. The molecular formula is C24H31FN2O. The minimum absolute atomic E-state index is 0.114. The van der Waals surface area contributed by atoms with Gasteiger partial charge in [0, 0.05) is 11.8 Å². The Morgan fingerprint density at radius 3 is 2.54 bits per heavy atom. The van der Waals surface area contributed by atoms with Gasteiger partial charge in [0.25, 0.3) is 0 Å². The highest BCUT2D eigenvalue weighted by atomic mass is 19.1. The summed E-state index contributed by atoms with van der Waals surface area (Å²) < 4.78 is 19.4.